The predicted octanol–water partition coefficient (Wildman–Crippen LogP) is 3.62. The minimum absolute atomic E-state index is 0. The van der Waals surface area contributed by atoms with Gasteiger partial charge < -0.3 is 29.7 Å². The van der Waals surface area contributed by atoms with Crippen molar-refractivity contribution in [3.05, 3.63) is 48.0 Å². The third kappa shape index (κ3) is 6.05. The first-order valence-corrected chi connectivity index (χ1v) is 10.3. The van der Waals surface area contributed by atoms with Crippen LogP contribution < -0.4 is 29.7 Å². The molecule has 7 nitrogen and oxygen atoms in total. The van der Waals surface area contributed by atoms with E-state index in [1.165, 1.54) is 0 Å². The van der Waals surface area contributed by atoms with E-state index < -0.39 is 6.61 Å². The summed E-state index contributed by atoms with van der Waals surface area (Å²) in [6, 6.07) is 13.0. The number of rotatable bonds is 7. The van der Waals surface area contributed by atoms with Gasteiger partial charge in [0.05, 0.1) is 5.69 Å². The molecule has 1 fully saturated rings. The van der Waals surface area contributed by atoms with E-state index in [0.29, 0.717) is 24.7 Å². The van der Waals surface area contributed by atoms with Crippen LogP contribution in [-0.2, 0) is 6.42 Å². The highest BCUT2D eigenvalue weighted by Gasteiger charge is 2.26. The maximum atomic E-state index is 12.7. The molecule has 2 aliphatic heterocycles. The summed E-state index contributed by atoms with van der Waals surface area (Å²) in [5.74, 6) is 2.47. The van der Waals surface area contributed by atoms with Crippen LogP contribution >= 0.6 is 24.0 Å². The number of guanidine groups is 1. The number of benzene rings is 2. The van der Waals surface area contributed by atoms with Crippen LogP contribution in [0.1, 0.15) is 12.0 Å². The van der Waals surface area contributed by atoms with Gasteiger partial charge in [0, 0.05) is 32.7 Å². The first kappa shape index (κ1) is 24.1. The molecule has 0 bridgehead atoms. The molecule has 2 heterocycles. The van der Waals surface area contributed by atoms with Gasteiger partial charge in [0.2, 0.25) is 6.79 Å². The van der Waals surface area contributed by atoms with Crippen LogP contribution in [0.15, 0.2) is 47.5 Å². The molecule has 2 aromatic carbocycles. The van der Waals surface area contributed by atoms with Crippen LogP contribution in [0.5, 0.6) is 17.2 Å². The van der Waals surface area contributed by atoms with Gasteiger partial charge in [-0.3, -0.25) is 4.99 Å². The smallest absolute Gasteiger partial charge is 0.387 e. The second kappa shape index (κ2) is 11.4. The number of fused-ring (bicyclic) bond motifs is 1. The van der Waals surface area contributed by atoms with Gasteiger partial charge in [-0.2, -0.15) is 8.78 Å². The lowest BCUT2D eigenvalue weighted by atomic mass is 10.1. The van der Waals surface area contributed by atoms with Crippen molar-refractivity contribution in [3.8, 4) is 17.2 Å². The normalized spacial score (nSPS) is 17.3. The summed E-state index contributed by atoms with van der Waals surface area (Å²) < 4.78 is 40.8. The molecule has 2 aliphatic rings. The maximum Gasteiger partial charge on any atom is 0.387 e. The van der Waals surface area contributed by atoms with Crippen LogP contribution in [0.3, 0.4) is 0 Å². The fraction of sp³-hybridized carbons (Fsp3) is 0.409. The molecule has 0 spiro atoms. The van der Waals surface area contributed by atoms with Crippen LogP contribution in [0.2, 0.25) is 0 Å². The SMILES string of the molecule is CN=C(NCCc1ccc2c(c1)OCO2)NC1CCN(c2ccccc2OC(F)F)C1.I. The third-order valence-electron chi connectivity index (χ3n) is 5.32. The second-order valence-corrected chi connectivity index (χ2v) is 7.36. The highest BCUT2D eigenvalue weighted by atomic mass is 127. The van der Waals surface area contributed by atoms with Gasteiger partial charge in [0.15, 0.2) is 17.5 Å². The Morgan fingerprint density at radius 1 is 1.22 bits per heavy atom. The van der Waals surface area contributed by atoms with Gasteiger partial charge >= 0.3 is 6.61 Å². The number of hydrogen-bond acceptors (Lipinski definition) is 5. The lowest BCUT2D eigenvalue weighted by Crippen LogP contribution is -2.45. The van der Waals surface area contributed by atoms with Crippen LogP contribution in [0.25, 0.3) is 0 Å². The Kier molecular flexibility index (Phi) is 8.60. The van der Waals surface area contributed by atoms with E-state index in [1.807, 2.05) is 24.3 Å². The molecule has 2 N–H and O–H groups in total. The number of hydrogen-bond donors (Lipinski definition) is 2. The number of alkyl halides is 2. The molecular formula is C22H27F2IN4O3. The standard InChI is InChI=1S/C22H26F2N4O3.HI/c1-25-22(26-10-8-15-6-7-19-20(12-15)30-14-29-19)27-16-9-11-28(13-16)17-4-2-3-5-18(17)31-21(23)24;/h2-7,12,16,21H,8-11,13-14H2,1H3,(H2,25,26,27);1H. The van der Waals surface area contributed by atoms with Crippen LogP contribution in [0, 0.1) is 0 Å². The van der Waals surface area contributed by atoms with Gasteiger partial charge in [-0.1, -0.05) is 18.2 Å². The van der Waals surface area contributed by atoms with Crippen LogP contribution in [-0.4, -0.2) is 52.1 Å². The predicted molar refractivity (Wildman–Crippen MR) is 130 cm³/mol. The zero-order valence-electron chi connectivity index (χ0n) is 17.7. The highest BCUT2D eigenvalue weighted by Crippen LogP contribution is 2.33. The maximum absolute atomic E-state index is 12.7. The number of halogens is 3. The summed E-state index contributed by atoms with van der Waals surface area (Å²) in [5, 5.41) is 6.75. The monoisotopic (exact) mass is 560 g/mol. The zero-order chi connectivity index (χ0) is 21.6. The fourth-order valence-electron chi connectivity index (χ4n) is 3.82. The third-order valence-corrected chi connectivity index (χ3v) is 5.32. The number of nitrogens with zero attached hydrogens (tertiary/aromatic N) is 2. The highest BCUT2D eigenvalue weighted by molar-refractivity contribution is 14.0. The summed E-state index contributed by atoms with van der Waals surface area (Å²) in [6.45, 7) is -0.446. The van der Waals surface area contributed by atoms with E-state index in [9.17, 15) is 8.78 Å². The molecule has 1 saturated heterocycles. The van der Waals surface area contributed by atoms with E-state index in [2.05, 4.69) is 25.3 Å². The molecular weight excluding hydrogens is 533 g/mol. The molecule has 1 unspecified atom stereocenters. The lowest BCUT2D eigenvalue weighted by Gasteiger charge is -2.22. The number of para-hydroxylation sites is 2. The summed E-state index contributed by atoms with van der Waals surface area (Å²) in [5.41, 5.74) is 1.83. The van der Waals surface area contributed by atoms with Gasteiger partial charge in [-0.25, -0.2) is 0 Å². The number of aliphatic imine (C=N–C) groups is 1. The molecule has 32 heavy (non-hydrogen) atoms. The van der Waals surface area contributed by atoms with Crippen molar-refractivity contribution in [3.63, 3.8) is 0 Å². The fourth-order valence-corrected chi connectivity index (χ4v) is 3.82. The van der Waals surface area contributed by atoms with Crippen molar-refractivity contribution in [1.82, 2.24) is 10.6 Å². The lowest BCUT2D eigenvalue weighted by molar-refractivity contribution is -0.0495. The summed E-state index contributed by atoms with van der Waals surface area (Å²) >= 11 is 0. The van der Waals surface area contributed by atoms with Crippen LogP contribution in [0.4, 0.5) is 14.5 Å². The molecule has 0 amide bonds. The molecule has 10 heteroatoms. The Morgan fingerprint density at radius 3 is 2.84 bits per heavy atom. The Hall–Kier alpha value is -2.50. The first-order chi connectivity index (χ1) is 15.1. The van der Waals surface area contributed by atoms with E-state index in [1.54, 1.807) is 25.2 Å². The Balaban J connectivity index is 0.00000289. The average molecular weight is 560 g/mol. The minimum atomic E-state index is -2.84. The van der Waals surface area contributed by atoms with E-state index in [-0.39, 0.29) is 42.6 Å². The average Bonchev–Trinajstić information content (AvgIpc) is 3.42. The minimum Gasteiger partial charge on any atom is -0.454 e. The molecule has 174 valence electrons. The molecule has 0 aliphatic carbocycles. The largest absolute Gasteiger partial charge is 0.454 e. The zero-order valence-corrected chi connectivity index (χ0v) is 20.1. The molecule has 4 rings (SSSR count). The van der Waals surface area contributed by atoms with E-state index >= 15 is 0 Å². The number of nitrogens with one attached hydrogen (secondary N) is 2. The van der Waals surface area contributed by atoms with Gasteiger partial charge in [0.1, 0.15) is 5.75 Å². The summed E-state index contributed by atoms with van der Waals surface area (Å²) in [7, 11) is 1.73. The topological polar surface area (TPSA) is 67.4 Å². The van der Waals surface area contributed by atoms with Crippen molar-refractivity contribution in [2.75, 3.05) is 38.4 Å². The summed E-state index contributed by atoms with van der Waals surface area (Å²) in [4.78, 5) is 6.35. The molecule has 2 aromatic rings. The van der Waals surface area contributed by atoms with Crippen molar-refractivity contribution < 1.29 is 23.0 Å². The van der Waals surface area contributed by atoms with Crippen molar-refractivity contribution in [2.45, 2.75) is 25.5 Å². The quantitative estimate of drug-likeness (QED) is 0.307. The molecule has 1 atom stereocenters. The van der Waals surface area contributed by atoms with Gasteiger partial charge in [0.25, 0.3) is 0 Å². The molecule has 0 aromatic heterocycles. The van der Waals surface area contributed by atoms with E-state index in [0.717, 1.165) is 36.4 Å². The van der Waals surface area contributed by atoms with Crippen molar-refractivity contribution >= 4 is 35.6 Å². The number of anilines is 1. The second-order valence-electron chi connectivity index (χ2n) is 7.36. The Labute approximate surface area is 203 Å². The van der Waals surface area contributed by atoms with Crippen molar-refractivity contribution in [1.29, 1.82) is 0 Å². The van der Waals surface area contributed by atoms with Crippen molar-refractivity contribution in [2.24, 2.45) is 4.99 Å². The van der Waals surface area contributed by atoms with Gasteiger partial charge in [-0.05, 0) is 42.7 Å². The molecule has 0 saturated carbocycles. The van der Waals surface area contributed by atoms with Gasteiger partial charge in [-0.15, -0.1) is 24.0 Å². The Morgan fingerprint density at radius 2 is 2.03 bits per heavy atom. The number of ether oxygens (including phenoxy) is 3. The van der Waals surface area contributed by atoms with E-state index in [4.69, 9.17) is 9.47 Å². The summed E-state index contributed by atoms with van der Waals surface area (Å²) in [6.07, 6.45) is 1.68. The molecule has 0 radical (unpaired) electrons. The first-order valence-electron chi connectivity index (χ1n) is 10.3. The Bertz CT molecular complexity index is 932.